The van der Waals surface area contributed by atoms with E-state index in [0.717, 1.165) is 0 Å². The second kappa shape index (κ2) is 3.99. The minimum absolute atomic E-state index is 0.0396. The molecule has 2 aromatic rings. The van der Waals surface area contributed by atoms with Crippen molar-refractivity contribution in [3.63, 3.8) is 0 Å². The highest BCUT2D eigenvalue weighted by Gasteiger charge is 2.09. The van der Waals surface area contributed by atoms with Crippen LogP contribution < -0.4 is 5.56 Å². The van der Waals surface area contributed by atoms with Crippen molar-refractivity contribution in [3.05, 3.63) is 58.1 Å². The predicted octanol–water partition coefficient (Wildman–Crippen LogP) is 2.05. The molecular weight excluding hydrogens is 207 g/mol. The molecule has 0 radical (unpaired) electrons. The van der Waals surface area contributed by atoms with Gasteiger partial charge >= 0.3 is 0 Å². The quantitative estimate of drug-likeness (QED) is 0.789. The molecule has 0 atom stereocenters. The third-order valence-electron chi connectivity index (χ3n) is 2.18. The molecule has 0 saturated carbocycles. The van der Waals surface area contributed by atoms with Gasteiger partial charge in [0.1, 0.15) is 11.9 Å². The van der Waals surface area contributed by atoms with E-state index in [-0.39, 0.29) is 16.7 Å². The molecule has 0 saturated heterocycles. The van der Waals surface area contributed by atoms with Gasteiger partial charge in [-0.3, -0.25) is 4.79 Å². The van der Waals surface area contributed by atoms with E-state index in [4.69, 9.17) is 5.26 Å². The van der Waals surface area contributed by atoms with E-state index in [0.29, 0.717) is 5.69 Å². The SMILES string of the molecule is N#Cc1cccc(-c2cccc(=O)[nH]2)c1F. The van der Waals surface area contributed by atoms with Gasteiger partial charge in [-0.25, -0.2) is 4.39 Å². The van der Waals surface area contributed by atoms with Crippen LogP contribution in [-0.4, -0.2) is 4.98 Å². The van der Waals surface area contributed by atoms with Crippen LogP contribution in [0.15, 0.2) is 41.2 Å². The summed E-state index contributed by atoms with van der Waals surface area (Å²) in [6.45, 7) is 0. The zero-order valence-corrected chi connectivity index (χ0v) is 8.20. The van der Waals surface area contributed by atoms with Crippen molar-refractivity contribution < 1.29 is 4.39 Å². The van der Waals surface area contributed by atoms with Crippen LogP contribution in [0.5, 0.6) is 0 Å². The fourth-order valence-electron chi connectivity index (χ4n) is 1.43. The van der Waals surface area contributed by atoms with Crippen LogP contribution in [0.3, 0.4) is 0 Å². The number of rotatable bonds is 1. The molecule has 0 spiro atoms. The summed E-state index contributed by atoms with van der Waals surface area (Å²) in [5, 5.41) is 8.68. The van der Waals surface area contributed by atoms with E-state index in [2.05, 4.69) is 4.98 Å². The Balaban J connectivity index is 2.66. The van der Waals surface area contributed by atoms with Gasteiger partial charge in [-0.15, -0.1) is 0 Å². The lowest BCUT2D eigenvalue weighted by molar-refractivity contribution is 0.627. The molecule has 0 aliphatic heterocycles. The third-order valence-corrected chi connectivity index (χ3v) is 2.18. The topological polar surface area (TPSA) is 56.6 Å². The molecule has 1 aromatic heterocycles. The first-order valence-corrected chi connectivity index (χ1v) is 4.60. The first-order valence-electron chi connectivity index (χ1n) is 4.60. The van der Waals surface area contributed by atoms with Gasteiger partial charge in [0.2, 0.25) is 5.56 Å². The van der Waals surface area contributed by atoms with Crippen molar-refractivity contribution in [1.29, 1.82) is 5.26 Å². The fraction of sp³-hybridized carbons (Fsp3) is 0. The Kier molecular flexibility index (Phi) is 2.52. The smallest absolute Gasteiger partial charge is 0.248 e. The van der Waals surface area contributed by atoms with Gasteiger partial charge in [-0.2, -0.15) is 5.26 Å². The molecule has 1 heterocycles. The van der Waals surface area contributed by atoms with E-state index in [1.165, 1.54) is 24.3 Å². The van der Waals surface area contributed by atoms with Crippen molar-refractivity contribution in [2.75, 3.05) is 0 Å². The summed E-state index contributed by atoms with van der Waals surface area (Å²) in [5.74, 6) is -0.619. The monoisotopic (exact) mass is 214 g/mol. The molecule has 16 heavy (non-hydrogen) atoms. The maximum atomic E-state index is 13.7. The molecule has 0 fully saturated rings. The van der Waals surface area contributed by atoms with Crippen LogP contribution in [0.25, 0.3) is 11.3 Å². The van der Waals surface area contributed by atoms with Crippen molar-refractivity contribution in [2.24, 2.45) is 0 Å². The molecule has 3 nitrogen and oxygen atoms in total. The van der Waals surface area contributed by atoms with Crippen LogP contribution in [-0.2, 0) is 0 Å². The van der Waals surface area contributed by atoms with E-state index in [9.17, 15) is 9.18 Å². The van der Waals surface area contributed by atoms with Crippen molar-refractivity contribution in [1.82, 2.24) is 4.98 Å². The second-order valence-electron chi connectivity index (χ2n) is 3.21. The fourth-order valence-corrected chi connectivity index (χ4v) is 1.43. The Hall–Kier alpha value is -2.41. The Morgan fingerprint density at radius 1 is 1.19 bits per heavy atom. The van der Waals surface area contributed by atoms with Gasteiger partial charge in [0.15, 0.2) is 0 Å². The first-order chi connectivity index (χ1) is 7.72. The van der Waals surface area contributed by atoms with Crippen molar-refractivity contribution >= 4 is 0 Å². The molecule has 1 N–H and O–H groups in total. The summed E-state index contributed by atoms with van der Waals surface area (Å²) in [4.78, 5) is 13.6. The highest BCUT2D eigenvalue weighted by atomic mass is 19.1. The Morgan fingerprint density at radius 3 is 2.62 bits per heavy atom. The number of nitriles is 1. The normalized spacial score (nSPS) is 9.75. The van der Waals surface area contributed by atoms with Crippen LogP contribution in [0.1, 0.15) is 5.56 Å². The molecule has 0 aliphatic rings. The van der Waals surface area contributed by atoms with Crippen LogP contribution >= 0.6 is 0 Å². The second-order valence-corrected chi connectivity index (χ2v) is 3.21. The number of nitrogens with zero attached hydrogens (tertiary/aromatic N) is 1. The lowest BCUT2D eigenvalue weighted by atomic mass is 10.1. The van der Waals surface area contributed by atoms with E-state index < -0.39 is 5.82 Å². The van der Waals surface area contributed by atoms with Crippen LogP contribution in [0.4, 0.5) is 4.39 Å². The zero-order chi connectivity index (χ0) is 11.5. The van der Waals surface area contributed by atoms with Gasteiger partial charge < -0.3 is 4.98 Å². The molecule has 0 unspecified atom stereocenters. The zero-order valence-electron chi connectivity index (χ0n) is 8.20. The average molecular weight is 214 g/mol. The number of aromatic nitrogens is 1. The van der Waals surface area contributed by atoms with Crippen LogP contribution in [0.2, 0.25) is 0 Å². The van der Waals surface area contributed by atoms with E-state index >= 15 is 0 Å². The molecule has 0 amide bonds. The number of aromatic amines is 1. The lowest BCUT2D eigenvalue weighted by Crippen LogP contribution is -2.04. The average Bonchev–Trinajstić information content (AvgIpc) is 2.29. The molecule has 78 valence electrons. The molecule has 0 aliphatic carbocycles. The van der Waals surface area contributed by atoms with Gasteiger partial charge in [0.25, 0.3) is 0 Å². The molecule has 4 heteroatoms. The largest absolute Gasteiger partial charge is 0.322 e. The van der Waals surface area contributed by atoms with Gasteiger partial charge in [0.05, 0.1) is 11.3 Å². The van der Waals surface area contributed by atoms with Gasteiger partial charge in [0, 0.05) is 11.6 Å². The number of H-pyrrole nitrogens is 1. The van der Waals surface area contributed by atoms with E-state index in [1.807, 2.05) is 0 Å². The van der Waals surface area contributed by atoms with Crippen molar-refractivity contribution in [2.45, 2.75) is 0 Å². The van der Waals surface area contributed by atoms with Gasteiger partial charge in [-0.05, 0) is 18.2 Å². The highest BCUT2D eigenvalue weighted by molar-refractivity contribution is 5.62. The Labute approximate surface area is 90.8 Å². The summed E-state index contributed by atoms with van der Waals surface area (Å²) in [6.07, 6.45) is 0. The van der Waals surface area contributed by atoms with Gasteiger partial charge in [-0.1, -0.05) is 12.1 Å². The predicted molar refractivity (Wildman–Crippen MR) is 57.2 cm³/mol. The molecular formula is C12H7FN2O. The summed E-state index contributed by atoms with van der Waals surface area (Å²) in [6, 6.07) is 10.7. The third kappa shape index (κ3) is 1.71. The van der Waals surface area contributed by atoms with Crippen molar-refractivity contribution in [3.8, 4) is 17.3 Å². The van der Waals surface area contributed by atoms with E-state index in [1.54, 1.807) is 18.2 Å². The molecule has 1 aromatic carbocycles. The summed E-state index contributed by atoms with van der Waals surface area (Å²) < 4.78 is 13.7. The number of halogens is 1. The standard InChI is InChI=1S/C12H7FN2O/c13-12-8(7-14)3-1-4-9(12)10-5-2-6-11(16)15-10/h1-6H,(H,15,16). The molecule has 2 rings (SSSR count). The number of hydrogen-bond acceptors (Lipinski definition) is 2. The first kappa shape index (κ1) is 10.1. The molecule has 0 bridgehead atoms. The summed E-state index contributed by atoms with van der Waals surface area (Å²) in [5.41, 5.74) is 0.236. The Morgan fingerprint density at radius 2 is 1.94 bits per heavy atom. The Bertz CT molecular complexity index is 625. The maximum absolute atomic E-state index is 13.7. The number of pyridine rings is 1. The van der Waals surface area contributed by atoms with Crippen LogP contribution in [0, 0.1) is 17.1 Å². The number of benzene rings is 1. The highest BCUT2D eigenvalue weighted by Crippen LogP contribution is 2.21. The number of hydrogen-bond donors (Lipinski definition) is 1. The minimum Gasteiger partial charge on any atom is -0.322 e. The summed E-state index contributed by atoms with van der Waals surface area (Å²) >= 11 is 0. The summed E-state index contributed by atoms with van der Waals surface area (Å²) in [7, 11) is 0. The number of nitrogens with one attached hydrogen (secondary N) is 1. The minimum atomic E-state index is -0.619. The lowest BCUT2D eigenvalue weighted by Gasteiger charge is -2.03. The maximum Gasteiger partial charge on any atom is 0.248 e.